The van der Waals surface area contributed by atoms with Crippen LogP contribution >= 0.6 is 11.3 Å². The lowest BCUT2D eigenvalue weighted by molar-refractivity contribution is -0.138. The number of rotatable bonds is 6. The minimum Gasteiger partial charge on any atom is -0.493 e. The number of hydrogen-bond donors (Lipinski definition) is 0. The molecule has 0 bridgehead atoms. The van der Waals surface area contributed by atoms with Crippen molar-refractivity contribution in [1.82, 2.24) is 9.97 Å². The number of fused-ring (bicyclic) bond motifs is 1. The molecule has 5 nitrogen and oxygen atoms in total. The first-order valence-electron chi connectivity index (χ1n) is 13.4. The van der Waals surface area contributed by atoms with Gasteiger partial charge in [0, 0.05) is 41.1 Å². The molecule has 1 aliphatic heterocycles. The van der Waals surface area contributed by atoms with Crippen LogP contribution in [0.1, 0.15) is 61.1 Å². The van der Waals surface area contributed by atoms with Gasteiger partial charge in [0.15, 0.2) is 5.78 Å². The van der Waals surface area contributed by atoms with Crippen molar-refractivity contribution in [2.24, 2.45) is 0 Å². The fourth-order valence-corrected chi connectivity index (χ4v) is 6.66. The molecule has 2 aromatic heterocycles. The molecule has 0 unspecified atom stereocenters. The average Bonchev–Trinajstić information content (AvgIpc) is 3.29. The summed E-state index contributed by atoms with van der Waals surface area (Å²) in [5.74, 6) is 0.832. The molecule has 6 rings (SSSR count). The number of pyridine rings is 1. The Morgan fingerprint density at radius 1 is 1.13 bits per heavy atom. The first-order valence-corrected chi connectivity index (χ1v) is 14.2. The second-order valence-electron chi connectivity index (χ2n) is 11.2. The third-order valence-electron chi connectivity index (χ3n) is 7.11. The number of benzene rings is 3. The molecule has 0 saturated carbocycles. The molecule has 6 heteroatoms. The highest BCUT2D eigenvalue weighted by Crippen LogP contribution is 2.46. The molecule has 0 saturated heterocycles. The minimum absolute atomic E-state index is 0.0262. The molecular formula is C33H32N2O3S. The van der Waals surface area contributed by atoms with Crippen LogP contribution in [0, 0.1) is 6.92 Å². The Kier molecular flexibility index (Phi) is 6.48. The van der Waals surface area contributed by atoms with E-state index in [0.29, 0.717) is 6.61 Å². The number of aryl methyl sites for hydroxylation is 1. The summed E-state index contributed by atoms with van der Waals surface area (Å²) in [6.07, 6.45) is 2.76. The Bertz CT molecular complexity index is 1710. The number of carbonyl (C=O) groups is 1. The van der Waals surface area contributed by atoms with Gasteiger partial charge in [-0.3, -0.25) is 9.78 Å². The monoisotopic (exact) mass is 536 g/mol. The van der Waals surface area contributed by atoms with E-state index < -0.39 is 11.7 Å². The van der Waals surface area contributed by atoms with Crippen LogP contribution in [0.25, 0.3) is 32.2 Å². The van der Waals surface area contributed by atoms with Crippen LogP contribution in [0.4, 0.5) is 0 Å². The molecule has 5 aromatic rings. The van der Waals surface area contributed by atoms with Gasteiger partial charge in [0.1, 0.15) is 11.9 Å². The first kappa shape index (κ1) is 25.7. The van der Waals surface area contributed by atoms with Crippen molar-refractivity contribution >= 4 is 38.2 Å². The van der Waals surface area contributed by atoms with Crippen LogP contribution in [-0.2, 0) is 22.4 Å². The van der Waals surface area contributed by atoms with E-state index in [-0.39, 0.29) is 5.78 Å². The smallest absolute Gasteiger partial charge is 0.163 e. The Morgan fingerprint density at radius 3 is 2.67 bits per heavy atom. The van der Waals surface area contributed by atoms with Crippen molar-refractivity contribution in [1.29, 1.82) is 0 Å². The third kappa shape index (κ3) is 4.83. The Morgan fingerprint density at radius 2 is 1.92 bits per heavy atom. The molecule has 39 heavy (non-hydrogen) atoms. The van der Waals surface area contributed by atoms with Gasteiger partial charge in [-0.05, 0) is 75.6 Å². The number of carbonyl (C=O) groups excluding carboxylic acids is 1. The highest BCUT2D eigenvalue weighted by atomic mass is 32.1. The van der Waals surface area contributed by atoms with Gasteiger partial charge in [0.05, 0.1) is 32.9 Å². The molecule has 3 heterocycles. The molecule has 1 atom stereocenters. The first-order chi connectivity index (χ1) is 18.7. The zero-order valence-corrected chi connectivity index (χ0v) is 23.8. The minimum atomic E-state index is -0.717. The van der Waals surface area contributed by atoms with E-state index in [2.05, 4.69) is 49.4 Å². The number of hydrogen-bond acceptors (Lipinski definition) is 6. The third-order valence-corrected chi connectivity index (χ3v) is 8.20. The van der Waals surface area contributed by atoms with Crippen molar-refractivity contribution in [3.8, 4) is 16.9 Å². The molecular weight excluding hydrogens is 504 g/mol. The number of ketones is 1. The van der Waals surface area contributed by atoms with Crippen LogP contribution in [0.3, 0.4) is 0 Å². The summed E-state index contributed by atoms with van der Waals surface area (Å²) in [6, 6.07) is 18.7. The number of thiazole rings is 1. The van der Waals surface area contributed by atoms with Crippen molar-refractivity contribution in [3.05, 3.63) is 88.1 Å². The van der Waals surface area contributed by atoms with Crippen LogP contribution in [0.15, 0.2) is 60.8 Å². The lowest BCUT2D eigenvalue weighted by atomic mass is 9.88. The highest BCUT2D eigenvalue weighted by Gasteiger charge is 2.31. The SMILES string of the molecule is CC(=O)[C@@H](OC(C)(C)C)c1c(C)cc2nc(Cc3ccccc3)sc2c1-c1ccc2c3c(ccnc13)CCO2. The van der Waals surface area contributed by atoms with Crippen molar-refractivity contribution in [2.75, 3.05) is 6.61 Å². The van der Waals surface area contributed by atoms with Crippen LogP contribution in [0.5, 0.6) is 5.75 Å². The predicted molar refractivity (Wildman–Crippen MR) is 158 cm³/mol. The maximum Gasteiger partial charge on any atom is 0.163 e. The zero-order chi connectivity index (χ0) is 27.3. The molecule has 3 aromatic carbocycles. The van der Waals surface area contributed by atoms with Crippen molar-refractivity contribution < 1.29 is 14.3 Å². The van der Waals surface area contributed by atoms with Gasteiger partial charge in [-0.25, -0.2) is 4.98 Å². The quantitative estimate of drug-likeness (QED) is 0.222. The number of Topliss-reactive ketones (excluding diaryl/α,β-unsaturated/α-hetero) is 1. The fraction of sp³-hybridized carbons (Fsp3) is 0.303. The summed E-state index contributed by atoms with van der Waals surface area (Å²) < 4.78 is 13.5. The lowest BCUT2D eigenvalue weighted by Crippen LogP contribution is -2.27. The average molecular weight is 537 g/mol. The van der Waals surface area contributed by atoms with Gasteiger partial charge in [-0.2, -0.15) is 0 Å². The standard InChI is InChI=1S/C33H32N2O3S/c1-19-17-24-32(39-26(35-24)18-21-9-7-6-8-10-21)29(27(19)31(20(2)36)38-33(3,4)5)23-11-12-25-28-22(14-16-37-25)13-15-34-30(23)28/h6-13,15,17,31H,14,16,18H2,1-5H3/t31-/m1/s1. The van der Waals surface area contributed by atoms with Crippen molar-refractivity contribution in [2.45, 2.75) is 59.2 Å². The Balaban J connectivity index is 1.66. The number of ether oxygens (including phenoxy) is 2. The van der Waals surface area contributed by atoms with Gasteiger partial charge in [0.2, 0.25) is 0 Å². The second-order valence-corrected chi connectivity index (χ2v) is 12.3. The summed E-state index contributed by atoms with van der Waals surface area (Å²) in [6.45, 7) is 10.3. The molecule has 0 N–H and O–H groups in total. The van der Waals surface area contributed by atoms with Gasteiger partial charge < -0.3 is 9.47 Å². The summed E-state index contributed by atoms with van der Waals surface area (Å²) in [4.78, 5) is 23.1. The number of aromatic nitrogens is 2. The van der Waals surface area contributed by atoms with E-state index in [4.69, 9.17) is 19.4 Å². The number of nitrogens with zero attached hydrogens (tertiary/aromatic N) is 2. The van der Waals surface area contributed by atoms with Gasteiger partial charge in [-0.1, -0.05) is 30.3 Å². The fourth-order valence-electron chi connectivity index (χ4n) is 5.51. The molecule has 0 radical (unpaired) electrons. The van der Waals surface area contributed by atoms with Crippen LogP contribution < -0.4 is 4.74 Å². The molecule has 0 fully saturated rings. The van der Waals surface area contributed by atoms with Crippen LogP contribution in [0.2, 0.25) is 0 Å². The normalized spacial score (nSPS) is 14.0. The summed E-state index contributed by atoms with van der Waals surface area (Å²) in [5.41, 5.74) is 7.58. The largest absolute Gasteiger partial charge is 0.493 e. The van der Waals surface area contributed by atoms with E-state index in [9.17, 15) is 4.79 Å². The van der Waals surface area contributed by atoms with E-state index in [1.807, 2.05) is 39.1 Å². The highest BCUT2D eigenvalue weighted by molar-refractivity contribution is 7.19. The Labute approximate surface area is 232 Å². The van der Waals surface area contributed by atoms with E-state index in [1.165, 1.54) is 11.1 Å². The molecule has 198 valence electrons. The van der Waals surface area contributed by atoms with E-state index >= 15 is 0 Å². The molecule has 0 spiro atoms. The van der Waals surface area contributed by atoms with Crippen molar-refractivity contribution in [3.63, 3.8) is 0 Å². The van der Waals surface area contributed by atoms with E-state index in [1.54, 1.807) is 18.3 Å². The lowest BCUT2D eigenvalue weighted by Gasteiger charge is -2.29. The molecule has 1 aliphatic rings. The molecule has 0 aliphatic carbocycles. The second kappa shape index (κ2) is 9.85. The maximum atomic E-state index is 13.2. The molecule has 0 amide bonds. The maximum absolute atomic E-state index is 13.2. The van der Waals surface area contributed by atoms with Gasteiger partial charge in [0.25, 0.3) is 0 Å². The van der Waals surface area contributed by atoms with Gasteiger partial charge in [-0.15, -0.1) is 11.3 Å². The summed E-state index contributed by atoms with van der Waals surface area (Å²) >= 11 is 1.68. The predicted octanol–water partition coefficient (Wildman–Crippen LogP) is 7.79. The van der Waals surface area contributed by atoms with Gasteiger partial charge >= 0.3 is 0 Å². The summed E-state index contributed by atoms with van der Waals surface area (Å²) in [5, 5.41) is 2.08. The topological polar surface area (TPSA) is 61.3 Å². The van der Waals surface area contributed by atoms with Crippen LogP contribution in [-0.4, -0.2) is 28.0 Å². The zero-order valence-electron chi connectivity index (χ0n) is 23.0. The van der Waals surface area contributed by atoms with E-state index in [0.717, 1.165) is 67.0 Å². The Hall–Kier alpha value is -3.61. The summed E-state index contributed by atoms with van der Waals surface area (Å²) in [7, 11) is 0.